The molecule has 0 N–H and O–H groups in total. The van der Waals surface area contributed by atoms with Crippen molar-refractivity contribution in [2.75, 3.05) is 20.6 Å². The molecule has 1 unspecified atom stereocenters. The van der Waals surface area contributed by atoms with Gasteiger partial charge in [-0.05, 0) is 0 Å². The molecule has 0 rings (SSSR count). The van der Waals surface area contributed by atoms with Crippen molar-refractivity contribution in [3.05, 3.63) is 12.7 Å². The number of rotatable bonds is 5. The summed E-state index contributed by atoms with van der Waals surface area (Å²) in [6, 6.07) is 0. The highest BCUT2D eigenvalue weighted by atomic mass is 31.2. The fourth-order valence-corrected chi connectivity index (χ4v) is 0.641. The fraction of sp³-hybridized carbons (Fsp3) is 0.500. The zero-order valence-corrected chi connectivity index (χ0v) is 7.87. The highest BCUT2D eigenvalue weighted by molar-refractivity contribution is 7.52. The molecule has 0 radical (unpaired) electrons. The lowest BCUT2D eigenvalue weighted by Crippen LogP contribution is -2.04. The molecule has 0 aromatic carbocycles. The molecule has 0 bridgehead atoms. The Morgan fingerprint density at radius 2 is 2.25 bits per heavy atom. The molecule has 0 aliphatic carbocycles. The summed E-state index contributed by atoms with van der Waals surface area (Å²) in [5.41, 5.74) is 0. The van der Waals surface area contributed by atoms with Crippen LogP contribution in [0.2, 0.25) is 0 Å². The van der Waals surface area contributed by atoms with E-state index in [1.54, 1.807) is 0 Å². The Morgan fingerprint density at radius 1 is 1.67 bits per heavy atom. The van der Waals surface area contributed by atoms with E-state index in [0.717, 1.165) is 6.08 Å². The van der Waals surface area contributed by atoms with E-state index in [0.29, 0.717) is 0 Å². The summed E-state index contributed by atoms with van der Waals surface area (Å²) in [5.74, 6) is -0.633. The van der Waals surface area contributed by atoms with Gasteiger partial charge in [-0.25, -0.2) is 4.79 Å². The summed E-state index contributed by atoms with van der Waals surface area (Å²) in [6.07, 6.45) is 0.983. The molecule has 0 fully saturated rings. The molecule has 0 saturated carbocycles. The third-order valence-corrected chi connectivity index (χ3v) is 2.22. The number of hydrogen-bond donors (Lipinski definition) is 0. The van der Waals surface area contributed by atoms with Crippen molar-refractivity contribution in [2.24, 2.45) is 0 Å². The van der Waals surface area contributed by atoms with Gasteiger partial charge in [0.05, 0.1) is 0 Å². The average molecular weight is 194 g/mol. The number of esters is 1. The van der Waals surface area contributed by atoms with Crippen LogP contribution in [0.15, 0.2) is 12.7 Å². The first-order chi connectivity index (χ1) is 5.52. The van der Waals surface area contributed by atoms with Gasteiger partial charge in [0.15, 0.2) is 0 Å². The van der Waals surface area contributed by atoms with Gasteiger partial charge < -0.3 is 9.26 Å². The molecule has 0 aliphatic heterocycles. The average Bonchev–Trinajstić information content (AvgIpc) is 2.04. The second-order valence-corrected chi connectivity index (χ2v) is 4.03. The Hall–Kier alpha value is -0.640. The summed E-state index contributed by atoms with van der Waals surface area (Å²) in [5, 5.41) is 0. The fourth-order valence-electron chi connectivity index (χ4n) is 0.292. The topological polar surface area (TPSA) is 61.8 Å². The van der Waals surface area contributed by atoms with Crippen LogP contribution in [-0.4, -0.2) is 26.5 Å². The van der Waals surface area contributed by atoms with E-state index in [-0.39, 0.29) is 0 Å². The Kier molecular flexibility index (Phi) is 4.81. The van der Waals surface area contributed by atoms with Crippen molar-refractivity contribution >= 4 is 13.6 Å². The molecule has 0 amide bonds. The van der Waals surface area contributed by atoms with Crippen molar-refractivity contribution in [1.82, 2.24) is 0 Å². The molecule has 1 atom stereocenters. The van der Waals surface area contributed by atoms with Crippen LogP contribution < -0.4 is 0 Å². The van der Waals surface area contributed by atoms with Gasteiger partial charge in [-0.1, -0.05) is 6.58 Å². The lowest BCUT2D eigenvalue weighted by Gasteiger charge is -2.09. The minimum Gasteiger partial charge on any atom is -0.435 e. The first-order valence-corrected chi connectivity index (χ1v) is 5.08. The van der Waals surface area contributed by atoms with E-state index in [1.807, 2.05) is 0 Å². The lowest BCUT2D eigenvalue weighted by molar-refractivity contribution is -0.144. The van der Waals surface area contributed by atoms with Crippen molar-refractivity contribution in [2.45, 2.75) is 0 Å². The zero-order chi connectivity index (χ0) is 9.61. The van der Waals surface area contributed by atoms with E-state index < -0.39 is 20.4 Å². The predicted molar refractivity (Wildman–Crippen MR) is 42.8 cm³/mol. The van der Waals surface area contributed by atoms with Gasteiger partial charge in [0.2, 0.25) is 6.79 Å². The molecule has 12 heavy (non-hydrogen) atoms. The molecule has 0 spiro atoms. The van der Waals surface area contributed by atoms with Crippen molar-refractivity contribution < 1.29 is 23.1 Å². The Labute approximate surface area is 70.8 Å². The molecule has 6 heteroatoms. The smallest absolute Gasteiger partial charge is 0.332 e. The van der Waals surface area contributed by atoms with Crippen LogP contribution in [0, 0.1) is 0 Å². The van der Waals surface area contributed by atoms with Gasteiger partial charge in [-0.3, -0.25) is 9.09 Å². The third kappa shape index (κ3) is 5.07. The molecule has 0 heterocycles. The van der Waals surface area contributed by atoms with Gasteiger partial charge in [0.25, 0.3) is 0 Å². The summed E-state index contributed by atoms with van der Waals surface area (Å²) in [7, 11) is -1.81. The van der Waals surface area contributed by atoms with Gasteiger partial charge in [0, 0.05) is 19.9 Å². The predicted octanol–water partition coefficient (Wildman–Crippen LogP) is 1.16. The van der Waals surface area contributed by atoms with E-state index >= 15 is 0 Å². The molecule has 0 aromatic rings. The monoisotopic (exact) mass is 194 g/mol. The largest absolute Gasteiger partial charge is 0.435 e. The number of carbonyl (C=O) groups is 1. The van der Waals surface area contributed by atoms with E-state index in [1.165, 1.54) is 13.8 Å². The maximum atomic E-state index is 11.0. The first kappa shape index (κ1) is 11.4. The summed E-state index contributed by atoms with van der Waals surface area (Å²) < 4.78 is 24.5. The van der Waals surface area contributed by atoms with E-state index in [4.69, 9.17) is 0 Å². The van der Waals surface area contributed by atoms with Crippen LogP contribution in [0.5, 0.6) is 0 Å². The maximum absolute atomic E-state index is 11.0. The van der Waals surface area contributed by atoms with Crippen LogP contribution in [0.4, 0.5) is 0 Å². The maximum Gasteiger partial charge on any atom is 0.332 e. The van der Waals surface area contributed by atoms with E-state index in [2.05, 4.69) is 20.4 Å². The SMILES string of the molecule is C=CC(=O)OCOP(C)(=O)OC. The number of hydrogen-bond acceptors (Lipinski definition) is 5. The quantitative estimate of drug-likeness (QED) is 0.284. The highest BCUT2D eigenvalue weighted by Crippen LogP contribution is 2.42. The minimum atomic E-state index is -3.05. The van der Waals surface area contributed by atoms with Crippen molar-refractivity contribution in [3.63, 3.8) is 0 Å². The standard InChI is InChI=1S/C6H11O5P/c1-4-6(7)10-5-11-12(3,8)9-2/h4H,1,5H2,2-3H3. The molecule has 0 saturated heterocycles. The first-order valence-electron chi connectivity index (χ1n) is 3.09. The van der Waals surface area contributed by atoms with Crippen molar-refractivity contribution in [3.8, 4) is 0 Å². The van der Waals surface area contributed by atoms with Crippen LogP contribution >= 0.6 is 7.60 Å². The van der Waals surface area contributed by atoms with Gasteiger partial charge in [-0.15, -0.1) is 0 Å². The summed E-state index contributed by atoms with van der Waals surface area (Å²) >= 11 is 0. The van der Waals surface area contributed by atoms with Gasteiger partial charge in [0.1, 0.15) is 0 Å². The molecule has 5 nitrogen and oxygen atoms in total. The molecule has 70 valence electrons. The Balaban J connectivity index is 3.63. The zero-order valence-electron chi connectivity index (χ0n) is 6.98. The van der Waals surface area contributed by atoms with E-state index in [9.17, 15) is 9.36 Å². The van der Waals surface area contributed by atoms with Crippen LogP contribution in [-0.2, 0) is 23.1 Å². The molecular formula is C6H11O5P. The second kappa shape index (κ2) is 5.09. The highest BCUT2D eigenvalue weighted by Gasteiger charge is 2.14. The molecule has 0 aliphatic rings. The number of carbonyl (C=O) groups excluding carboxylic acids is 1. The van der Waals surface area contributed by atoms with Crippen LogP contribution in [0.1, 0.15) is 0 Å². The number of ether oxygens (including phenoxy) is 1. The molecule has 0 aromatic heterocycles. The second-order valence-electron chi connectivity index (χ2n) is 1.87. The normalized spacial score (nSPS) is 14.8. The lowest BCUT2D eigenvalue weighted by atomic mass is 10.7. The Morgan fingerprint density at radius 3 is 2.67 bits per heavy atom. The third-order valence-electron chi connectivity index (χ3n) is 0.987. The minimum absolute atomic E-state index is 0.396. The van der Waals surface area contributed by atoms with Crippen LogP contribution in [0.25, 0.3) is 0 Å². The Bertz CT molecular complexity index is 212. The summed E-state index contributed by atoms with van der Waals surface area (Å²) in [6.45, 7) is 4.04. The van der Waals surface area contributed by atoms with Crippen LogP contribution in [0.3, 0.4) is 0 Å². The van der Waals surface area contributed by atoms with Crippen molar-refractivity contribution in [1.29, 1.82) is 0 Å². The van der Waals surface area contributed by atoms with Gasteiger partial charge >= 0.3 is 13.6 Å². The van der Waals surface area contributed by atoms with Gasteiger partial charge in [-0.2, -0.15) is 0 Å². The summed E-state index contributed by atoms with van der Waals surface area (Å²) in [4.78, 5) is 10.4. The molecular weight excluding hydrogens is 183 g/mol.